The van der Waals surface area contributed by atoms with Gasteiger partial charge in [0.15, 0.2) is 0 Å². The predicted octanol–water partition coefficient (Wildman–Crippen LogP) is 2.71. The summed E-state index contributed by atoms with van der Waals surface area (Å²) in [7, 11) is 0. The molecule has 0 fully saturated rings. The molecule has 0 saturated heterocycles. The Bertz CT molecular complexity index is 503. The molecule has 2 N–H and O–H groups in total. The average molecular weight is 282 g/mol. The summed E-state index contributed by atoms with van der Waals surface area (Å²) >= 11 is 0. The lowest BCUT2D eigenvalue weighted by Gasteiger charge is -2.23. The third-order valence-electron chi connectivity index (χ3n) is 2.56. The summed E-state index contributed by atoms with van der Waals surface area (Å²) in [6.07, 6.45) is 0. The van der Waals surface area contributed by atoms with Gasteiger partial charge in [0.2, 0.25) is 0 Å². The second kappa shape index (κ2) is 6.88. The van der Waals surface area contributed by atoms with E-state index in [2.05, 4.69) is 5.32 Å². The second-order valence-corrected chi connectivity index (χ2v) is 5.08. The molecule has 5 nitrogen and oxygen atoms in total. The molecule has 0 radical (unpaired) electrons. The summed E-state index contributed by atoms with van der Waals surface area (Å²) in [6.45, 7) is 5.38. The van der Waals surface area contributed by atoms with E-state index in [0.29, 0.717) is 0 Å². The second-order valence-electron chi connectivity index (χ2n) is 5.08. The van der Waals surface area contributed by atoms with E-state index in [1.807, 2.05) is 13.8 Å². The van der Waals surface area contributed by atoms with Crippen LogP contribution in [0.15, 0.2) is 18.2 Å². The number of anilines is 1. The first kappa shape index (κ1) is 15.9. The van der Waals surface area contributed by atoms with Gasteiger partial charge in [0.25, 0.3) is 0 Å². The van der Waals surface area contributed by atoms with Gasteiger partial charge < -0.3 is 15.3 Å². The molecule has 0 aliphatic heterocycles. The number of benzene rings is 1. The van der Waals surface area contributed by atoms with Crippen LogP contribution in [0.2, 0.25) is 0 Å². The highest BCUT2D eigenvalue weighted by molar-refractivity contribution is 5.91. The summed E-state index contributed by atoms with van der Waals surface area (Å²) in [5, 5.41) is 11.2. The number of carboxylic acids is 1. The Hall–Kier alpha value is -2.11. The number of halogens is 1. The third-order valence-corrected chi connectivity index (χ3v) is 2.56. The maximum atomic E-state index is 13.6. The summed E-state index contributed by atoms with van der Waals surface area (Å²) in [6, 6.07) is 3.73. The number of hydrogen-bond donors (Lipinski definition) is 2. The SMILES string of the molecule is Cc1ccc(F)c(NC(=O)N(CC(=O)O)CC(C)C)c1. The molecule has 0 atom stereocenters. The van der Waals surface area contributed by atoms with Gasteiger partial charge in [-0.15, -0.1) is 0 Å². The minimum absolute atomic E-state index is 0.0501. The summed E-state index contributed by atoms with van der Waals surface area (Å²) < 4.78 is 13.6. The molecule has 0 spiro atoms. The number of carboxylic acid groups (broad SMARTS) is 1. The number of nitrogens with one attached hydrogen (secondary N) is 1. The lowest BCUT2D eigenvalue weighted by molar-refractivity contribution is -0.137. The normalized spacial score (nSPS) is 10.4. The first-order valence-corrected chi connectivity index (χ1v) is 6.33. The number of nitrogens with zero attached hydrogens (tertiary/aromatic N) is 1. The van der Waals surface area contributed by atoms with Gasteiger partial charge in [-0.1, -0.05) is 19.9 Å². The van der Waals surface area contributed by atoms with Crippen LogP contribution >= 0.6 is 0 Å². The Morgan fingerprint density at radius 3 is 2.60 bits per heavy atom. The van der Waals surface area contributed by atoms with E-state index in [-0.39, 0.29) is 18.2 Å². The van der Waals surface area contributed by atoms with E-state index in [0.717, 1.165) is 10.5 Å². The quantitative estimate of drug-likeness (QED) is 0.872. The molecular formula is C14H19FN2O3. The number of hydrogen-bond acceptors (Lipinski definition) is 2. The Balaban J connectivity index is 2.84. The lowest BCUT2D eigenvalue weighted by atomic mass is 10.2. The van der Waals surface area contributed by atoms with Gasteiger partial charge in [0.1, 0.15) is 12.4 Å². The van der Waals surface area contributed by atoms with Crippen LogP contribution in [0.25, 0.3) is 0 Å². The molecule has 20 heavy (non-hydrogen) atoms. The van der Waals surface area contributed by atoms with Crippen molar-refractivity contribution in [1.82, 2.24) is 4.90 Å². The number of carbonyl (C=O) groups excluding carboxylic acids is 1. The van der Waals surface area contributed by atoms with E-state index in [1.165, 1.54) is 12.1 Å². The van der Waals surface area contributed by atoms with Gasteiger partial charge in [-0.3, -0.25) is 4.79 Å². The molecule has 0 saturated carbocycles. The van der Waals surface area contributed by atoms with Crippen LogP contribution in [-0.2, 0) is 4.79 Å². The number of rotatable bonds is 5. The standard InChI is InChI=1S/C14H19FN2O3/c1-9(2)7-17(8-13(18)19)14(20)16-12-6-10(3)4-5-11(12)15/h4-6,9H,7-8H2,1-3H3,(H,16,20)(H,18,19). The van der Waals surface area contributed by atoms with Crippen molar-refractivity contribution < 1.29 is 19.1 Å². The van der Waals surface area contributed by atoms with Crippen LogP contribution in [0.5, 0.6) is 0 Å². The Morgan fingerprint density at radius 1 is 1.40 bits per heavy atom. The Kier molecular flexibility index (Phi) is 5.49. The summed E-state index contributed by atoms with van der Waals surface area (Å²) in [5.74, 6) is -1.54. The zero-order chi connectivity index (χ0) is 15.3. The highest BCUT2D eigenvalue weighted by Gasteiger charge is 2.19. The molecule has 0 aliphatic rings. The zero-order valence-corrected chi connectivity index (χ0v) is 11.8. The van der Waals surface area contributed by atoms with Crippen molar-refractivity contribution in [2.45, 2.75) is 20.8 Å². The van der Waals surface area contributed by atoms with E-state index in [9.17, 15) is 14.0 Å². The van der Waals surface area contributed by atoms with E-state index in [4.69, 9.17) is 5.11 Å². The maximum Gasteiger partial charge on any atom is 0.323 e. The molecule has 0 bridgehead atoms. The first-order valence-electron chi connectivity index (χ1n) is 6.33. The Labute approximate surface area is 117 Å². The largest absolute Gasteiger partial charge is 0.480 e. The van der Waals surface area contributed by atoms with Crippen LogP contribution in [-0.4, -0.2) is 35.1 Å². The molecule has 1 rings (SSSR count). The molecule has 0 heterocycles. The molecule has 6 heteroatoms. The number of carbonyl (C=O) groups is 2. The molecule has 1 aromatic carbocycles. The smallest absolute Gasteiger partial charge is 0.323 e. The number of aryl methyl sites for hydroxylation is 1. The molecule has 110 valence electrons. The molecule has 0 aliphatic carbocycles. The Morgan fingerprint density at radius 2 is 2.05 bits per heavy atom. The van der Waals surface area contributed by atoms with Crippen molar-refractivity contribution >= 4 is 17.7 Å². The topological polar surface area (TPSA) is 69.6 Å². The van der Waals surface area contributed by atoms with Gasteiger partial charge in [0.05, 0.1) is 5.69 Å². The number of urea groups is 1. The van der Waals surface area contributed by atoms with Crippen LogP contribution in [0.4, 0.5) is 14.9 Å². The van der Waals surface area contributed by atoms with Gasteiger partial charge >= 0.3 is 12.0 Å². The molecule has 0 aromatic heterocycles. The van der Waals surface area contributed by atoms with Crippen LogP contribution in [0.1, 0.15) is 19.4 Å². The molecule has 2 amide bonds. The predicted molar refractivity (Wildman–Crippen MR) is 74.2 cm³/mol. The summed E-state index contributed by atoms with van der Waals surface area (Å²) in [5.41, 5.74) is 0.851. The van der Waals surface area contributed by atoms with Gasteiger partial charge in [-0.25, -0.2) is 9.18 Å². The highest BCUT2D eigenvalue weighted by atomic mass is 19.1. The zero-order valence-electron chi connectivity index (χ0n) is 11.8. The van der Waals surface area contributed by atoms with Crippen LogP contribution < -0.4 is 5.32 Å². The summed E-state index contributed by atoms with van der Waals surface area (Å²) in [4.78, 5) is 24.0. The monoisotopic (exact) mass is 282 g/mol. The van der Waals surface area contributed by atoms with E-state index in [1.54, 1.807) is 13.0 Å². The van der Waals surface area contributed by atoms with Crippen molar-refractivity contribution in [1.29, 1.82) is 0 Å². The van der Waals surface area contributed by atoms with Gasteiger partial charge in [-0.05, 0) is 30.5 Å². The van der Waals surface area contributed by atoms with E-state index < -0.39 is 24.4 Å². The third kappa shape index (κ3) is 4.87. The molecular weight excluding hydrogens is 263 g/mol. The van der Waals surface area contributed by atoms with Crippen molar-refractivity contribution in [3.63, 3.8) is 0 Å². The fraction of sp³-hybridized carbons (Fsp3) is 0.429. The maximum absolute atomic E-state index is 13.6. The molecule has 0 unspecified atom stereocenters. The average Bonchev–Trinajstić information content (AvgIpc) is 2.31. The minimum atomic E-state index is -1.11. The van der Waals surface area contributed by atoms with Crippen molar-refractivity contribution in [3.05, 3.63) is 29.6 Å². The van der Waals surface area contributed by atoms with Crippen molar-refractivity contribution in [2.75, 3.05) is 18.4 Å². The van der Waals surface area contributed by atoms with Gasteiger partial charge in [0, 0.05) is 6.54 Å². The number of aliphatic carboxylic acids is 1. The molecule has 1 aromatic rings. The van der Waals surface area contributed by atoms with E-state index >= 15 is 0 Å². The van der Waals surface area contributed by atoms with Crippen LogP contribution in [0, 0.1) is 18.7 Å². The van der Waals surface area contributed by atoms with Crippen molar-refractivity contribution in [3.8, 4) is 0 Å². The minimum Gasteiger partial charge on any atom is -0.480 e. The van der Waals surface area contributed by atoms with Crippen LogP contribution in [0.3, 0.4) is 0 Å². The first-order chi connectivity index (χ1) is 9.29. The van der Waals surface area contributed by atoms with Crippen molar-refractivity contribution in [2.24, 2.45) is 5.92 Å². The fourth-order valence-corrected chi connectivity index (χ4v) is 1.75. The fourth-order valence-electron chi connectivity index (χ4n) is 1.75. The lowest BCUT2D eigenvalue weighted by Crippen LogP contribution is -2.41. The number of amides is 2. The highest BCUT2D eigenvalue weighted by Crippen LogP contribution is 2.16. The van der Waals surface area contributed by atoms with Gasteiger partial charge in [-0.2, -0.15) is 0 Å².